The standard InChI is InChI=1S/C46H46ClN4S2.BrH/c1-45(2)40(50(28-10-26-48-30-52)38-22-18-32-12-5-7-16-36(32)42(38)45)24-20-34-14-9-15-35(44(34)47)21-25-41-46(3,4)43-37-17-8-6-13-33(37)19-23-39(43)51(41)29-11-27-49-31-53;/h5-8,12-13,16-25H,9-11,14-15,26-29H2,1-4H3;1H/q+1;. The molecule has 8 heteroatoms. The van der Waals surface area contributed by atoms with Gasteiger partial charge in [-0.1, -0.05) is 92.2 Å². The lowest BCUT2D eigenvalue weighted by molar-refractivity contribution is -0.437. The van der Waals surface area contributed by atoms with Crippen LogP contribution in [0.2, 0.25) is 0 Å². The van der Waals surface area contributed by atoms with Gasteiger partial charge in [-0.25, -0.2) is 9.98 Å². The van der Waals surface area contributed by atoms with Gasteiger partial charge in [-0.3, -0.25) is 0 Å². The number of hydrogen-bond donors (Lipinski definition) is 0. The summed E-state index contributed by atoms with van der Waals surface area (Å²) in [7, 11) is 0. The monoisotopic (exact) mass is 833 g/mol. The molecule has 276 valence electrons. The number of anilines is 1. The summed E-state index contributed by atoms with van der Waals surface area (Å²) >= 11 is 17.0. The van der Waals surface area contributed by atoms with Gasteiger partial charge in [0.2, 0.25) is 5.69 Å². The molecule has 4 aromatic carbocycles. The van der Waals surface area contributed by atoms with E-state index in [9.17, 15) is 0 Å². The van der Waals surface area contributed by atoms with Crippen LogP contribution in [0.4, 0.5) is 11.4 Å². The minimum Gasteiger partial charge on any atom is -0.344 e. The average molecular weight is 835 g/mol. The van der Waals surface area contributed by atoms with Gasteiger partial charge in [0.25, 0.3) is 0 Å². The van der Waals surface area contributed by atoms with Gasteiger partial charge < -0.3 is 4.90 Å². The Morgan fingerprint density at radius 3 is 2.13 bits per heavy atom. The summed E-state index contributed by atoms with van der Waals surface area (Å²) in [6.07, 6.45) is 13.9. The second-order valence-electron chi connectivity index (χ2n) is 15.2. The molecule has 4 aromatic rings. The Labute approximate surface area is 346 Å². The largest absolute Gasteiger partial charge is 0.344 e. The highest BCUT2D eigenvalue weighted by atomic mass is 79.9. The molecule has 0 saturated heterocycles. The Bertz CT molecular complexity index is 2370. The Morgan fingerprint density at radius 1 is 0.778 bits per heavy atom. The van der Waals surface area contributed by atoms with Crippen LogP contribution in [0.1, 0.15) is 70.9 Å². The molecule has 0 atom stereocenters. The van der Waals surface area contributed by atoms with Crippen molar-refractivity contribution in [3.05, 3.63) is 130 Å². The van der Waals surface area contributed by atoms with E-state index in [1.165, 1.54) is 66.6 Å². The second-order valence-corrected chi connectivity index (χ2v) is 16.0. The van der Waals surface area contributed by atoms with E-state index in [1.807, 2.05) is 0 Å². The summed E-state index contributed by atoms with van der Waals surface area (Å²) in [5, 5.41) is 11.1. The summed E-state index contributed by atoms with van der Waals surface area (Å²) in [4.78, 5) is 10.9. The predicted molar refractivity (Wildman–Crippen MR) is 242 cm³/mol. The fourth-order valence-electron chi connectivity index (χ4n) is 8.83. The van der Waals surface area contributed by atoms with Crippen molar-refractivity contribution in [2.75, 3.05) is 31.1 Å². The summed E-state index contributed by atoms with van der Waals surface area (Å²) < 4.78 is 2.48. The van der Waals surface area contributed by atoms with Crippen molar-refractivity contribution in [3.63, 3.8) is 0 Å². The SMILES string of the molecule is Br.CC1(C)C(/C=C/C2=C(Cl)C(=C/C=C3/N(CCCN=C=S)c4ccc5ccccc5c4C3(C)C)/CCC2)=[N+](CCCN=C=S)c2ccc3ccccc3c21. The number of halogens is 2. The lowest BCUT2D eigenvalue weighted by atomic mass is 9.78. The Balaban J connectivity index is 0.00000497. The number of aliphatic imine (C=N–C) groups is 2. The van der Waals surface area contributed by atoms with E-state index in [2.05, 4.69) is 155 Å². The smallest absolute Gasteiger partial charge is 0.210 e. The van der Waals surface area contributed by atoms with Crippen molar-refractivity contribution < 1.29 is 4.58 Å². The molecule has 2 heterocycles. The van der Waals surface area contributed by atoms with Gasteiger partial charge in [-0.15, -0.1) is 17.0 Å². The fourth-order valence-corrected chi connectivity index (χ4v) is 9.32. The van der Waals surface area contributed by atoms with Crippen molar-refractivity contribution >= 4 is 102 Å². The first-order valence-corrected chi connectivity index (χ1v) is 19.9. The maximum atomic E-state index is 7.34. The number of isothiocyanates is 2. The van der Waals surface area contributed by atoms with Crippen LogP contribution in [0.5, 0.6) is 0 Å². The Morgan fingerprint density at radius 2 is 1.43 bits per heavy atom. The topological polar surface area (TPSA) is 31.0 Å². The van der Waals surface area contributed by atoms with E-state index in [0.29, 0.717) is 13.1 Å². The lowest BCUT2D eigenvalue weighted by Crippen LogP contribution is -2.28. The molecular weight excluding hydrogens is 788 g/mol. The van der Waals surface area contributed by atoms with Gasteiger partial charge in [0, 0.05) is 52.5 Å². The first-order chi connectivity index (χ1) is 25.7. The summed E-state index contributed by atoms with van der Waals surface area (Å²) in [6.45, 7) is 12.4. The summed E-state index contributed by atoms with van der Waals surface area (Å²) in [6, 6.07) is 26.5. The Hall–Kier alpha value is -3.80. The van der Waals surface area contributed by atoms with E-state index in [-0.39, 0.29) is 27.8 Å². The molecule has 0 amide bonds. The van der Waals surface area contributed by atoms with Gasteiger partial charge in [-0.05, 0) is 120 Å². The van der Waals surface area contributed by atoms with Crippen molar-refractivity contribution in [3.8, 4) is 0 Å². The molecule has 0 aromatic heterocycles. The third-order valence-corrected chi connectivity index (χ3v) is 12.0. The fraction of sp³-hybridized carbons (Fsp3) is 0.326. The van der Waals surface area contributed by atoms with Crippen LogP contribution in [0.15, 0.2) is 129 Å². The van der Waals surface area contributed by atoms with Crippen LogP contribution in [-0.4, -0.2) is 46.8 Å². The molecule has 0 radical (unpaired) electrons. The molecule has 7 rings (SSSR count). The van der Waals surface area contributed by atoms with Crippen LogP contribution in [0.3, 0.4) is 0 Å². The van der Waals surface area contributed by atoms with E-state index >= 15 is 0 Å². The van der Waals surface area contributed by atoms with Crippen molar-refractivity contribution in [2.45, 2.75) is 70.6 Å². The molecular formula is C46H47BrClN4S2+. The zero-order valence-electron chi connectivity index (χ0n) is 31.5. The zero-order valence-corrected chi connectivity index (χ0v) is 35.6. The van der Waals surface area contributed by atoms with E-state index < -0.39 is 0 Å². The summed E-state index contributed by atoms with van der Waals surface area (Å²) in [5.74, 6) is 0. The second kappa shape index (κ2) is 16.9. The molecule has 0 N–H and O–H groups in total. The predicted octanol–water partition coefficient (Wildman–Crippen LogP) is 12.8. The molecule has 54 heavy (non-hydrogen) atoms. The minimum atomic E-state index is -0.198. The van der Waals surface area contributed by atoms with E-state index in [0.717, 1.165) is 50.2 Å². The molecule has 0 unspecified atom stereocenters. The third kappa shape index (κ3) is 7.43. The van der Waals surface area contributed by atoms with Gasteiger partial charge in [-0.2, -0.15) is 4.58 Å². The van der Waals surface area contributed by atoms with Crippen molar-refractivity contribution in [1.29, 1.82) is 0 Å². The first kappa shape index (κ1) is 39.9. The normalized spacial score (nSPS) is 18.6. The van der Waals surface area contributed by atoms with E-state index in [1.54, 1.807) is 0 Å². The van der Waals surface area contributed by atoms with Gasteiger partial charge in [0.05, 0.1) is 28.8 Å². The van der Waals surface area contributed by atoms with Gasteiger partial charge in [0.1, 0.15) is 0 Å². The number of rotatable bonds is 11. The van der Waals surface area contributed by atoms with Crippen LogP contribution in [0, 0.1) is 0 Å². The highest BCUT2D eigenvalue weighted by Crippen LogP contribution is 2.51. The van der Waals surface area contributed by atoms with Gasteiger partial charge >= 0.3 is 0 Å². The molecule has 0 spiro atoms. The number of benzene rings is 4. The number of fused-ring (bicyclic) bond motifs is 6. The van der Waals surface area contributed by atoms with Crippen LogP contribution >= 0.6 is 53.0 Å². The van der Waals surface area contributed by atoms with Crippen LogP contribution in [-0.2, 0) is 10.8 Å². The maximum absolute atomic E-state index is 7.34. The molecule has 4 nitrogen and oxygen atoms in total. The quantitative estimate of drug-likeness (QED) is 0.0653. The third-order valence-electron chi connectivity index (χ3n) is 11.3. The maximum Gasteiger partial charge on any atom is 0.210 e. The minimum absolute atomic E-state index is 0. The van der Waals surface area contributed by atoms with Gasteiger partial charge in [0.15, 0.2) is 12.3 Å². The molecule has 0 bridgehead atoms. The molecule has 0 fully saturated rings. The lowest BCUT2D eigenvalue weighted by Gasteiger charge is -2.27. The number of allylic oxidation sites excluding steroid dienone is 8. The van der Waals surface area contributed by atoms with Crippen molar-refractivity contribution in [1.82, 2.24) is 0 Å². The average Bonchev–Trinajstić information content (AvgIpc) is 3.52. The van der Waals surface area contributed by atoms with Crippen LogP contribution < -0.4 is 4.90 Å². The molecule has 3 aliphatic rings. The Kier molecular flexibility index (Phi) is 12.5. The van der Waals surface area contributed by atoms with Crippen LogP contribution in [0.25, 0.3) is 21.5 Å². The highest BCUT2D eigenvalue weighted by molar-refractivity contribution is 8.93. The number of hydrogen-bond acceptors (Lipinski definition) is 5. The molecule has 0 saturated carbocycles. The number of thiocarbonyl (C=S) groups is 2. The zero-order chi connectivity index (χ0) is 37.2. The number of nitrogens with zero attached hydrogens (tertiary/aromatic N) is 4. The highest BCUT2D eigenvalue weighted by Gasteiger charge is 2.45. The summed E-state index contributed by atoms with van der Waals surface area (Å²) in [5.41, 5.74) is 9.80. The van der Waals surface area contributed by atoms with E-state index in [4.69, 9.17) is 36.0 Å². The first-order valence-electron chi connectivity index (χ1n) is 18.7. The molecule has 2 aliphatic heterocycles. The van der Waals surface area contributed by atoms with Crippen molar-refractivity contribution in [2.24, 2.45) is 9.98 Å². The molecule has 1 aliphatic carbocycles.